The van der Waals surface area contributed by atoms with E-state index in [1.54, 1.807) is 0 Å². The predicted molar refractivity (Wildman–Crippen MR) is 120 cm³/mol. The van der Waals surface area contributed by atoms with Gasteiger partial charge in [-0.05, 0) is 49.3 Å². The van der Waals surface area contributed by atoms with E-state index in [-0.39, 0.29) is 0 Å². The molecule has 1 aliphatic rings. The zero-order valence-corrected chi connectivity index (χ0v) is 17.2. The summed E-state index contributed by atoms with van der Waals surface area (Å²) in [6.07, 6.45) is 5.48. The first-order valence-corrected chi connectivity index (χ1v) is 10.7. The monoisotopic (exact) mass is 386 g/mol. The van der Waals surface area contributed by atoms with Gasteiger partial charge in [-0.2, -0.15) is 4.98 Å². The van der Waals surface area contributed by atoms with Gasteiger partial charge in [0.15, 0.2) is 0 Å². The Labute approximate surface area is 174 Å². The van der Waals surface area contributed by atoms with Crippen LogP contribution >= 0.6 is 0 Å². The van der Waals surface area contributed by atoms with Gasteiger partial charge in [-0.15, -0.1) is 0 Å². The summed E-state index contributed by atoms with van der Waals surface area (Å²) in [7, 11) is 0. The number of hydrogen-bond donors (Lipinski definition) is 0. The van der Waals surface area contributed by atoms with Gasteiger partial charge in [0.05, 0.1) is 0 Å². The lowest BCUT2D eigenvalue weighted by atomic mass is 9.90. The van der Waals surface area contributed by atoms with Gasteiger partial charge in [0, 0.05) is 32.4 Å². The summed E-state index contributed by atoms with van der Waals surface area (Å²) < 4.78 is 0. The van der Waals surface area contributed by atoms with E-state index in [2.05, 4.69) is 82.4 Å². The van der Waals surface area contributed by atoms with Crippen molar-refractivity contribution < 1.29 is 0 Å². The molecule has 2 heterocycles. The Hall–Kier alpha value is -2.88. The zero-order valence-electron chi connectivity index (χ0n) is 17.2. The Kier molecular flexibility index (Phi) is 6.40. The van der Waals surface area contributed by atoms with Gasteiger partial charge in [-0.25, -0.2) is 4.98 Å². The van der Waals surface area contributed by atoms with Crippen LogP contribution in [0.2, 0.25) is 0 Å². The van der Waals surface area contributed by atoms with E-state index in [1.165, 1.54) is 30.4 Å². The maximum absolute atomic E-state index is 4.91. The minimum atomic E-state index is 0.752. The number of hydrogen-bond acceptors (Lipinski definition) is 4. The second-order valence-corrected chi connectivity index (χ2v) is 7.83. The second-order valence-electron chi connectivity index (χ2n) is 7.83. The van der Waals surface area contributed by atoms with Crippen LogP contribution in [0.3, 0.4) is 0 Å². The quantitative estimate of drug-likeness (QED) is 0.574. The van der Waals surface area contributed by atoms with Crippen molar-refractivity contribution in [3.05, 3.63) is 84.1 Å². The third kappa shape index (κ3) is 5.14. The highest BCUT2D eigenvalue weighted by atomic mass is 15.3. The molecule has 0 N–H and O–H groups in total. The maximum atomic E-state index is 4.91. The van der Waals surface area contributed by atoms with Crippen LogP contribution in [0.15, 0.2) is 72.9 Å². The van der Waals surface area contributed by atoms with Crippen molar-refractivity contribution in [1.29, 1.82) is 0 Å². The number of piperidine rings is 1. The van der Waals surface area contributed by atoms with E-state index in [4.69, 9.17) is 4.98 Å². The summed E-state index contributed by atoms with van der Waals surface area (Å²) in [5, 5.41) is 0. The zero-order chi connectivity index (χ0) is 19.9. The molecular weight excluding hydrogens is 356 g/mol. The molecule has 1 aliphatic heterocycles. The molecule has 0 atom stereocenters. The molecular formula is C25H30N4. The lowest BCUT2D eigenvalue weighted by Gasteiger charge is -2.32. The Bertz CT molecular complexity index is 874. The molecule has 3 aromatic rings. The van der Waals surface area contributed by atoms with E-state index in [0.717, 1.165) is 43.9 Å². The standard InChI is InChI=1S/C25H30N4/c1-2-28(20-23-11-7-4-8-12-23)24-13-16-26-25(27-24)29-17-14-22(15-18-29)19-21-9-5-3-6-10-21/h3-13,16,22H,2,14-15,17-20H2,1H3. The van der Waals surface area contributed by atoms with E-state index in [0.29, 0.717) is 0 Å². The number of rotatable bonds is 7. The van der Waals surface area contributed by atoms with E-state index >= 15 is 0 Å². The number of anilines is 2. The molecule has 29 heavy (non-hydrogen) atoms. The third-order valence-electron chi connectivity index (χ3n) is 5.81. The van der Waals surface area contributed by atoms with Crippen LogP contribution in [0.4, 0.5) is 11.8 Å². The van der Waals surface area contributed by atoms with Gasteiger partial charge in [0.25, 0.3) is 0 Å². The fraction of sp³-hybridized carbons (Fsp3) is 0.360. The second kappa shape index (κ2) is 9.55. The molecule has 0 saturated carbocycles. The molecule has 0 aliphatic carbocycles. The third-order valence-corrected chi connectivity index (χ3v) is 5.81. The van der Waals surface area contributed by atoms with Crippen LogP contribution in [0.1, 0.15) is 30.9 Å². The first kappa shape index (κ1) is 19.4. The van der Waals surface area contributed by atoms with Crippen LogP contribution in [0.25, 0.3) is 0 Å². The lowest BCUT2D eigenvalue weighted by molar-refractivity contribution is 0.400. The van der Waals surface area contributed by atoms with Crippen molar-refractivity contribution in [2.75, 3.05) is 29.4 Å². The van der Waals surface area contributed by atoms with E-state index in [1.807, 2.05) is 12.3 Å². The van der Waals surface area contributed by atoms with Crippen molar-refractivity contribution in [2.45, 2.75) is 32.7 Å². The fourth-order valence-corrected chi connectivity index (χ4v) is 4.11. The molecule has 4 heteroatoms. The molecule has 1 aromatic heterocycles. The maximum Gasteiger partial charge on any atom is 0.227 e. The molecule has 0 spiro atoms. The Morgan fingerprint density at radius 3 is 2.21 bits per heavy atom. The van der Waals surface area contributed by atoms with Crippen molar-refractivity contribution in [3.8, 4) is 0 Å². The number of nitrogens with zero attached hydrogens (tertiary/aromatic N) is 4. The molecule has 4 rings (SSSR count). The van der Waals surface area contributed by atoms with E-state index in [9.17, 15) is 0 Å². The molecule has 1 fully saturated rings. The number of benzene rings is 2. The van der Waals surface area contributed by atoms with Gasteiger partial charge >= 0.3 is 0 Å². The van der Waals surface area contributed by atoms with Crippen LogP contribution in [0.5, 0.6) is 0 Å². The normalized spacial score (nSPS) is 14.7. The van der Waals surface area contributed by atoms with Crippen LogP contribution < -0.4 is 9.80 Å². The summed E-state index contributed by atoms with van der Waals surface area (Å²) >= 11 is 0. The van der Waals surface area contributed by atoms with Gasteiger partial charge in [-0.3, -0.25) is 0 Å². The van der Waals surface area contributed by atoms with Gasteiger partial charge in [-0.1, -0.05) is 60.7 Å². The molecule has 0 amide bonds. The Balaban J connectivity index is 1.38. The molecule has 150 valence electrons. The van der Waals surface area contributed by atoms with E-state index < -0.39 is 0 Å². The minimum Gasteiger partial charge on any atom is -0.352 e. The predicted octanol–water partition coefficient (Wildman–Crippen LogP) is 4.96. The Morgan fingerprint density at radius 1 is 0.897 bits per heavy atom. The Morgan fingerprint density at radius 2 is 1.55 bits per heavy atom. The van der Waals surface area contributed by atoms with Gasteiger partial charge in [0.2, 0.25) is 5.95 Å². The first-order valence-electron chi connectivity index (χ1n) is 10.7. The highest BCUT2D eigenvalue weighted by Gasteiger charge is 2.22. The summed E-state index contributed by atoms with van der Waals surface area (Å²) in [6.45, 7) is 6.04. The smallest absolute Gasteiger partial charge is 0.227 e. The lowest BCUT2D eigenvalue weighted by Crippen LogP contribution is -2.36. The average molecular weight is 387 g/mol. The molecule has 0 radical (unpaired) electrons. The van der Waals surface area contributed by atoms with Crippen LogP contribution in [0, 0.1) is 5.92 Å². The summed E-state index contributed by atoms with van der Waals surface area (Å²) in [6, 6.07) is 23.5. The fourth-order valence-electron chi connectivity index (χ4n) is 4.11. The minimum absolute atomic E-state index is 0.752. The molecule has 2 aromatic carbocycles. The average Bonchev–Trinajstić information content (AvgIpc) is 2.79. The van der Waals surface area contributed by atoms with Crippen molar-refractivity contribution >= 4 is 11.8 Å². The highest BCUT2D eigenvalue weighted by Crippen LogP contribution is 2.25. The summed E-state index contributed by atoms with van der Waals surface area (Å²) in [5.74, 6) is 2.63. The number of aromatic nitrogens is 2. The summed E-state index contributed by atoms with van der Waals surface area (Å²) in [4.78, 5) is 14.2. The largest absolute Gasteiger partial charge is 0.352 e. The first-order chi connectivity index (χ1) is 14.3. The van der Waals surface area contributed by atoms with Crippen molar-refractivity contribution in [3.63, 3.8) is 0 Å². The van der Waals surface area contributed by atoms with Gasteiger partial charge < -0.3 is 9.80 Å². The summed E-state index contributed by atoms with van der Waals surface area (Å²) in [5.41, 5.74) is 2.75. The van der Waals surface area contributed by atoms with Crippen LogP contribution in [-0.4, -0.2) is 29.6 Å². The highest BCUT2D eigenvalue weighted by molar-refractivity contribution is 5.44. The van der Waals surface area contributed by atoms with Crippen molar-refractivity contribution in [2.24, 2.45) is 5.92 Å². The molecule has 1 saturated heterocycles. The molecule has 0 bridgehead atoms. The SMILES string of the molecule is CCN(Cc1ccccc1)c1ccnc(N2CCC(Cc3ccccc3)CC2)n1. The topological polar surface area (TPSA) is 32.3 Å². The van der Waals surface area contributed by atoms with Crippen molar-refractivity contribution in [1.82, 2.24) is 9.97 Å². The van der Waals surface area contributed by atoms with Gasteiger partial charge in [0.1, 0.15) is 5.82 Å². The molecule has 0 unspecified atom stereocenters. The molecule has 4 nitrogen and oxygen atoms in total. The van der Waals surface area contributed by atoms with Crippen LogP contribution in [-0.2, 0) is 13.0 Å².